The number of fused-ring (bicyclic) bond motifs is 13. The van der Waals surface area contributed by atoms with Crippen LogP contribution in [0.5, 0.6) is 0 Å². The molecule has 2 heteroatoms. The summed E-state index contributed by atoms with van der Waals surface area (Å²) in [6.07, 6.45) is 0. The maximum atomic E-state index is 2.59. The van der Waals surface area contributed by atoms with Crippen molar-refractivity contribution in [3.8, 4) is 33.4 Å². The molecule has 0 radical (unpaired) electrons. The first-order valence-corrected chi connectivity index (χ1v) is 23.1. The Labute approximate surface area is 367 Å². The molecule has 61 heavy (non-hydrogen) atoms. The van der Waals surface area contributed by atoms with Gasteiger partial charge in [-0.3, -0.25) is 0 Å². The van der Waals surface area contributed by atoms with E-state index in [-0.39, 0.29) is 27.1 Å². The molecule has 0 fully saturated rings. The Kier molecular flexibility index (Phi) is 7.79. The summed E-state index contributed by atoms with van der Waals surface area (Å²) in [7, 11) is 0. The fourth-order valence-electron chi connectivity index (χ4n) is 11.5. The SMILES string of the molecule is CC(C)(C)c1cc(C(C)(C)C)c2sc3ccc4c(c3c2c1)-c1cc(N(c2ccc3c(c2)C(C)(C)c2ccccc2-3)c2cccc3c2-c2ccccc2C3(C)C)ccc1C4(C)C. The summed E-state index contributed by atoms with van der Waals surface area (Å²) in [5, 5.41) is 2.82. The van der Waals surface area contributed by atoms with Crippen molar-refractivity contribution in [1.82, 2.24) is 0 Å². The lowest BCUT2D eigenvalue weighted by atomic mass is 9.79. The number of benzene rings is 7. The third-order valence-electron chi connectivity index (χ3n) is 14.9. The predicted molar refractivity (Wildman–Crippen MR) is 264 cm³/mol. The van der Waals surface area contributed by atoms with Gasteiger partial charge in [-0.15, -0.1) is 11.3 Å². The molecule has 304 valence electrons. The maximum absolute atomic E-state index is 2.59. The Bertz CT molecular complexity index is 3190. The van der Waals surface area contributed by atoms with Gasteiger partial charge in [-0.25, -0.2) is 0 Å². The number of anilines is 3. The predicted octanol–water partition coefficient (Wildman–Crippen LogP) is 17.0. The van der Waals surface area contributed by atoms with E-state index in [1.165, 1.54) is 115 Å². The molecule has 0 saturated carbocycles. The van der Waals surface area contributed by atoms with Gasteiger partial charge in [-0.05, 0) is 126 Å². The minimum Gasteiger partial charge on any atom is -0.310 e. The molecular weight excluding hydrogens is 755 g/mol. The van der Waals surface area contributed by atoms with Gasteiger partial charge in [0.1, 0.15) is 0 Å². The van der Waals surface area contributed by atoms with Gasteiger partial charge < -0.3 is 4.90 Å². The maximum Gasteiger partial charge on any atom is 0.0543 e. The lowest BCUT2D eigenvalue weighted by molar-refractivity contribution is 0.573. The molecule has 0 amide bonds. The average Bonchev–Trinajstić information content (AvgIpc) is 3.86. The van der Waals surface area contributed by atoms with Crippen molar-refractivity contribution in [2.24, 2.45) is 0 Å². The fourth-order valence-corrected chi connectivity index (χ4v) is 12.9. The number of hydrogen-bond acceptors (Lipinski definition) is 2. The monoisotopic (exact) mass is 811 g/mol. The topological polar surface area (TPSA) is 3.24 Å². The minimum absolute atomic E-state index is 0.0172. The summed E-state index contributed by atoms with van der Waals surface area (Å²) in [5.74, 6) is 0. The molecule has 0 N–H and O–H groups in total. The zero-order valence-corrected chi connectivity index (χ0v) is 38.8. The van der Waals surface area contributed by atoms with Crippen LogP contribution in [0.15, 0.2) is 127 Å². The first kappa shape index (κ1) is 38.5. The summed E-state index contributed by atoms with van der Waals surface area (Å²) in [6, 6.07) is 49.6. The summed E-state index contributed by atoms with van der Waals surface area (Å²) in [4.78, 5) is 2.59. The Morgan fingerprint density at radius 3 is 1.70 bits per heavy atom. The highest BCUT2D eigenvalue weighted by Gasteiger charge is 2.41. The zero-order valence-electron chi connectivity index (χ0n) is 38.0. The molecule has 0 unspecified atom stereocenters. The summed E-state index contributed by atoms with van der Waals surface area (Å²) >= 11 is 1.98. The van der Waals surface area contributed by atoms with Crippen molar-refractivity contribution in [1.29, 1.82) is 0 Å². The Morgan fingerprint density at radius 2 is 1.00 bits per heavy atom. The zero-order chi connectivity index (χ0) is 42.8. The fraction of sp³-hybridized carbons (Fsp3) is 0.288. The largest absolute Gasteiger partial charge is 0.310 e. The Morgan fingerprint density at radius 1 is 0.443 bits per heavy atom. The number of thiophene rings is 1. The molecule has 0 spiro atoms. The van der Waals surface area contributed by atoms with Crippen LogP contribution in [0, 0.1) is 0 Å². The second-order valence-electron chi connectivity index (χ2n) is 21.8. The summed E-state index contributed by atoms with van der Waals surface area (Å²) < 4.78 is 2.80. The van der Waals surface area contributed by atoms with Crippen LogP contribution >= 0.6 is 11.3 Å². The van der Waals surface area contributed by atoms with E-state index in [0.717, 1.165) is 0 Å². The second kappa shape index (κ2) is 12.4. The number of nitrogens with zero attached hydrogens (tertiary/aromatic N) is 1. The lowest BCUT2D eigenvalue weighted by Gasteiger charge is -2.31. The van der Waals surface area contributed by atoms with E-state index >= 15 is 0 Å². The molecule has 8 aromatic rings. The van der Waals surface area contributed by atoms with Crippen molar-refractivity contribution in [3.63, 3.8) is 0 Å². The molecule has 11 rings (SSSR count). The van der Waals surface area contributed by atoms with Crippen LogP contribution in [0.25, 0.3) is 53.6 Å². The van der Waals surface area contributed by atoms with Gasteiger partial charge in [0, 0.05) is 53.4 Å². The molecular formula is C59H57NS. The lowest BCUT2D eigenvalue weighted by Crippen LogP contribution is -2.18. The quantitative estimate of drug-likeness (QED) is 0.172. The van der Waals surface area contributed by atoms with Gasteiger partial charge in [0.05, 0.1) is 5.69 Å². The molecule has 0 saturated heterocycles. The van der Waals surface area contributed by atoms with Crippen LogP contribution in [0.2, 0.25) is 0 Å². The molecule has 1 nitrogen and oxygen atoms in total. The van der Waals surface area contributed by atoms with E-state index in [1.54, 1.807) is 0 Å². The van der Waals surface area contributed by atoms with Gasteiger partial charge >= 0.3 is 0 Å². The molecule has 0 atom stereocenters. The van der Waals surface area contributed by atoms with Crippen molar-refractivity contribution in [3.05, 3.63) is 172 Å². The first-order valence-electron chi connectivity index (χ1n) is 22.3. The van der Waals surface area contributed by atoms with Gasteiger partial charge in [0.25, 0.3) is 0 Å². The van der Waals surface area contributed by atoms with Crippen LogP contribution in [0.3, 0.4) is 0 Å². The average molecular weight is 812 g/mol. The van der Waals surface area contributed by atoms with Crippen LogP contribution in [-0.4, -0.2) is 0 Å². The summed E-state index contributed by atoms with van der Waals surface area (Å²) in [5.41, 5.74) is 22.6. The van der Waals surface area contributed by atoms with Gasteiger partial charge in [0.2, 0.25) is 0 Å². The highest BCUT2D eigenvalue weighted by atomic mass is 32.1. The standard InChI is InChI=1S/C59H57NS/c1-55(2,3)34-30-41-53-50(61-54(41)48(31-34)56(4,5)6)29-28-46-52(53)40-32-35(25-27-44(40)58(46,9)10)60(36-24-26-38-37-18-13-15-20-42(37)59(11,12)47(38)33-36)49-23-17-22-45-51(49)39-19-14-16-21-43(39)57(45,7)8/h13-33H,1-12H3. The normalized spacial score (nSPS) is 16.3. The van der Waals surface area contributed by atoms with Crippen molar-refractivity contribution < 1.29 is 0 Å². The van der Waals surface area contributed by atoms with Crippen LogP contribution < -0.4 is 4.90 Å². The Balaban J connectivity index is 1.20. The van der Waals surface area contributed by atoms with E-state index in [4.69, 9.17) is 0 Å². The Hall–Kier alpha value is -5.44. The van der Waals surface area contributed by atoms with Gasteiger partial charge in [-0.2, -0.15) is 0 Å². The van der Waals surface area contributed by atoms with Crippen LogP contribution in [-0.2, 0) is 27.1 Å². The van der Waals surface area contributed by atoms with Crippen LogP contribution in [0.4, 0.5) is 17.1 Å². The molecule has 1 aromatic heterocycles. The van der Waals surface area contributed by atoms with E-state index in [1.807, 2.05) is 11.3 Å². The van der Waals surface area contributed by atoms with E-state index in [2.05, 4.69) is 215 Å². The minimum atomic E-state index is -0.148. The molecule has 7 aromatic carbocycles. The van der Waals surface area contributed by atoms with Crippen molar-refractivity contribution >= 4 is 48.6 Å². The third kappa shape index (κ3) is 5.24. The van der Waals surface area contributed by atoms with Gasteiger partial charge in [0.15, 0.2) is 0 Å². The highest BCUT2D eigenvalue weighted by Crippen LogP contribution is 2.59. The third-order valence-corrected chi connectivity index (χ3v) is 16.1. The second-order valence-corrected chi connectivity index (χ2v) is 22.9. The summed E-state index contributed by atoms with van der Waals surface area (Å²) in [6.45, 7) is 28.6. The molecule has 3 aliphatic rings. The number of rotatable bonds is 3. The molecule has 3 aliphatic carbocycles. The molecule has 0 aliphatic heterocycles. The smallest absolute Gasteiger partial charge is 0.0543 e. The van der Waals surface area contributed by atoms with E-state index in [0.29, 0.717) is 0 Å². The van der Waals surface area contributed by atoms with Crippen molar-refractivity contribution in [2.75, 3.05) is 4.90 Å². The number of hydrogen-bond donors (Lipinski definition) is 0. The van der Waals surface area contributed by atoms with Crippen LogP contribution in [0.1, 0.15) is 128 Å². The van der Waals surface area contributed by atoms with E-state index < -0.39 is 0 Å². The molecule has 1 heterocycles. The highest BCUT2D eigenvalue weighted by molar-refractivity contribution is 7.26. The van der Waals surface area contributed by atoms with Gasteiger partial charge in [-0.1, -0.05) is 168 Å². The van der Waals surface area contributed by atoms with Crippen molar-refractivity contribution in [2.45, 2.75) is 110 Å². The van der Waals surface area contributed by atoms with E-state index in [9.17, 15) is 0 Å². The molecule has 0 bridgehead atoms. The first-order chi connectivity index (χ1) is 28.8.